The van der Waals surface area contributed by atoms with Crippen LogP contribution in [0.15, 0.2) is 36.5 Å². The number of hydrogen-bond donors (Lipinski definition) is 1. The molecule has 0 atom stereocenters. The SMILES string of the molecule is COc1cc(CNS(=O)(=O)CC(C)C)nc(-c2ccccn2)c1. The minimum absolute atomic E-state index is 0.0647. The van der Waals surface area contributed by atoms with Crippen molar-refractivity contribution in [3.63, 3.8) is 0 Å². The molecule has 2 rings (SSSR count). The van der Waals surface area contributed by atoms with Gasteiger partial charge in [0.25, 0.3) is 0 Å². The highest BCUT2D eigenvalue weighted by Gasteiger charge is 2.14. The molecule has 0 radical (unpaired) electrons. The van der Waals surface area contributed by atoms with Gasteiger partial charge in [-0.25, -0.2) is 18.1 Å². The summed E-state index contributed by atoms with van der Waals surface area (Å²) < 4.78 is 31.7. The van der Waals surface area contributed by atoms with E-state index in [1.807, 2.05) is 32.0 Å². The lowest BCUT2D eigenvalue weighted by Gasteiger charge is -2.11. The van der Waals surface area contributed by atoms with Crippen molar-refractivity contribution in [2.24, 2.45) is 5.92 Å². The molecule has 0 unspecified atom stereocenters. The number of nitrogens with one attached hydrogen (secondary N) is 1. The van der Waals surface area contributed by atoms with Crippen LogP contribution in [0.5, 0.6) is 5.75 Å². The van der Waals surface area contributed by atoms with E-state index < -0.39 is 10.0 Å². The first kappa shape index (κ1) is 17.4. The zero-order valence-electron chi connectivity index (χ0n) is 13.5. The van der Waals surface area contributed by atoms with Gasteiger partial charge < -0.3 is 4.74 Å². The number of nitrogens with zero attached hydrogens (tertiary/aromatic N) is 2. The summed E-state index contributed by atoms with van der Waals surface area (Å²) in [6, 6.07) is 9.02. The van der Waals surface area contributed by atoms with E-state index in [9.17, 15) is 8.42 Å². The van der Waals surface area contributed by atoms with Crippen LogP contribution in [-0.2, 0) is 16.6 Å². The van der Waals surface area contributed by atoms with Crippen LogP contribution in [-0.4, -0.2) is 31.2 Å². The zero-order chi connectivity index (χ0) is 16.9. The molecular formula is C16H21N3O3S. The molecule has 0 amide bonds. The summed E-state index contributed by atoms with van der Waals surface area (Å²) in [5.41, 5.74) is 1.93. The molecular weight excluding hydrogens is 314 g/mol. The lowest BCUT2D eigenvalue weighted by molar-refractivity contribution is 0.413. The molecule has 7 heteroatoms. The molecule has 6 nitrogen and oxygen atoms in total. The second-order valence-corrected chi connectivity index (χ2v) is 7.45. The van der Waals surface area contributed by atoms with Gasteiger partial charge in [-0.15, -0.1) is 0 Å². The van der Waals surface area contributed by atoms with Gasteiger partial charge in [0, 0.05) is 18.3 Å². The fourth-order valence-electron chi connectivity index (χ4n) is 2.10. The molecule has 0 bridgehead atoms. The normalized spacial score (nSPS) is 11.7. The Morgan fingerprint density at radius 2 is 2.00 bits per heavy atom. The molecule has 124 valence electrons. The third kappa shape index (κ3) is 5.30. The minimum Gasteiger partial charge on any atom is -0.497 e. The molecule has 0 saturated heterocycles. The lowest BCUT2D eigenvalue weighted by Crippen LogP contribution is -2.28. The van der Waals surface area contributed by atoms with Gasteiger partial charge in [-0.1, -0.05) is 19.9 Å². The van der Waals surface area contributed by atoms with Crippen LogP contribution >= 0.6 is 0 Å². The summed E-state index contributed by atoms with van der Waals surface area (Å²) in [5, 5.41) is 0. The Hall–Kier alpha value is -1.99. The smallest absolute Gasteiger partial charge is 0.212 e. The van der Waals surface area contributed by atoms with Crippen molar-refractivity contribution < 1.29 is 13.2 Å². The number of hydrogen-bond acceptors (Lipinski definition) is 5. The topological polar surface area (TPSA) is 81.2 Å². The summed E-state index contributed by atoms with van der Waals surface area (Å²) in [5.74, 6) is 0.762. The fraction of sp³-hybridized carbons (Fsp3) is 0.375. The van der Waals surface area contributed by atoms with E-state index in [0.29, 0.717) is 22.8 Å². The van der Waals surface area contributed by atoms with E-state index in [0.717, 1.165) is 0 Å². The van der Waals surface area contributed by atoms with Crippen molar-refractivity contribution >= 4 is 10.0 Å². The van der Waals surface area contributed by atoms with Crippen molar-refractivity contribution in [3.05, 3.63) is 42.2 Å². The number of sulfonamides is 1. The van der Waals surface area contributed by atoms with Gasteiger partial charge in [-0.3, -0.25) is 4.98 Å². The Kier molecular flexibility index (Phi) is 5.68. The largest absolute Gasteiger partial charge is 0.497 e. The summed E-state index contributed by atoms with van der Waals surface area (Å²) in [6.07, 6.45) is 1.68. The van der Waals surface area contributed by atoms with Gasteiger partial charge in [0.15, 0.2) is 0 Å². The fourth-order valence-corrected chi connectivity index (χ4v) is 3.46. The second kappa shape index (κ2) is 7.52. The van der Waals surface area contributed by atoms with Crippen molar-refractivity contribution in [1.29, 1.82) is 0 Å². The van der Waals surface area contributed by atoms with Gasteiger partial charge in [0.1, 0.15) is 5.75 Å². The summed E-state index contributed by atoms with van der Waals surface area (Å²) in [6.45, 7) is 3.84. The summed E-state index contributed by atoms with van der Waals surface area (Å²) >= 11 is 0. The average molecular weight is 335 g/mol. The lowest BCUT2D eigenvalue weighted by atomic mass is 10.2. The summed E-state index contributed by atoms with van der Waals surface area (Å²) in [7, 11) is -1.76. The molecule has 0 saturated carbocycles. The summed E-state index contributed by atoms with van der Waals surface area (Å²) in [4.78, 5) is 8.72. The Bertz CT molecular complexity index is 746. The highest BCUT2D eigenvalue weighted by molar-refractivity contribution is 7.89. The van der Waals surface area contributed by atoms with Crippen LogP contribution in [0.4, 0.5) is 0 Å². The number of methoxy groups -OCH3 is 1. The van der Waals surface area contributed by atoms with Gasteiger partial charge in [0.05, 0.1) is 36.5 Å². The molecule has 0 spiro atoms. The molecule has 23 heavy (non-hydrogen) atoms. The van der Waals surface area contributed by atoms with E-state index >= 15 is 0 Å². The maximum absolute atomic E-state index is 11.9. The maximum Gasteiger partial charge on any atom is 0.212 e. The number of ether oxygens (including phenoxy) is 1. The molecule has 2 heterocycles. The second-order valence-electron chi connectivity index (χ2n) is 5.59. The molecule has 0 aliphatic heterocycles. The molecule has 0 aliphatic carbocycles. The van der Waals surface area contributed by atoms with Crippen LogP contribution in [0.1, 0.15) is 19.5 Å². The van der Waals surface area contributed by atoms with E-state index in [-0.39, 0.29) is 18.2 Å². The molecule has 0 fully saturated rings. The van der Waals surface area contributed by atoms with Crippen molar-refractivity contribution in [2.45, 2.75) is 20.4 Å². The van der Waals surface area contributed by atoms with E-state index in [2.05, 4.69) is 14.7 Å². The van der Waals surface area contributed by atoms with Gasteiger partial charge in [-0.2, -0.15) is 0 Å². The third-order valence-electron chi connectivity index (χ3n) is 3.04. The van der Waals surface area contributed by atoms with E-state index in [4.69, 9.17) is 4.74 Å². The predicted molar refractivity (Wildman–Crippen MR) is 89.5 cm³/mol. The highest BCUT2D eigenvalue weighted by atomic mass is 32.2. The molecule has 0 aliphatic rings. The molecule has 2 aromatic rings. The predicted octanol–water partition coefficient (Wildman–Crippen LogP) is 2.23. The van der Waals surface area contributed by atoms with Gasteiger partial charge in [-0.05, 0) is 18.1 Å². The van der Waals surface area contributed by atoms with Crippen LogP contribution < -0.4 is 9.46 Å². The van der Waals surface area contributed by atoms with Crippen molar-refractivity contribution in [3.8, 4) is 17.1 Å². The average Bonchev–Trinajstić information content (AvgIpc) is 2.52. The van der Waals surface area contributed by atoms with Gasteiger partial charge in [0.2, 0.25) is 10.0 Å². The van der Waals surface area contributed by atoms with Crippen molar-refractivity contribution in [1.82, 2.24) is 14.7 Å². The Balaban J connectivity index is 2.22. The van der Waals surface area contributed by atoms with E-state index in [1.54, 1.807) is 25.4 Å². The standard InChI is InChI=1S/C16H21N3O3S/c1-12(2)11-23(20,21)18-10-13-8-14(22-3)9-16(19-13)15-6-4-5-7-17-15/h4-9,12,18H,10-11H2,1-3H3. The molecule has 0 aromatic carbocycles. The van der Waals surface area contributed by atoms with Crippen LogP contribution in [0.2, 0.25) is 0 Å². The Morgan fingerprint density at radius 3 is 2.61 bits per heavy atom. The first-order valence-electron chi connectivity index (χ1n) is 7.33. The number of rotatable bonds is 7. The van der Waals surface area contributed by atoms with Gasteiger partial charge >= 0.3 is 0 Å². The Morgan fingerprint density at radius 1 is 1.22 bits per heavy atom. The molecule has 1 N–H and O–H groups in total. The quantitative estimate of drug-likeness (QED) is 0.839. The first-order valence-corrected chi connectivity index (χ1v) is 8.98. The first-order chi connectivity index (χ1) is 10.9. The van der Waals surface area contributed by atoms with Crippen LogP contribution in [0, 0.1) is 5.92 Å². The third-order valence-corrected chi connectivity index (χ3v) is 4.73. The number of pyridine rings is 2. The molecule has 2 aromatic heterocycles. The zero-order valence-corrected chi connectivity index (χ0v) is 14.3. The van der Waals surface area contributed by atoms with Crippen LogP contribution in [0.25, 0.3) is 11.4 Å². The number of aromatic nitrogens is 2. The highest BCUT2D eigenvalue weighted by Crippen LogP contribution is 2.21. The monoisotopic (exact) mass is 335 g/mol. The van der Waals surface area contributed by atoms with Crippen LogP contribution in [0.3, 0.4) is 0 Å². The minimum atomic E-state index is -3.32. The van der Waals surface area contributed by atoms with E-state index in [1.165, 1.54) is 0 Å². The maximum atomic E-state index is 11.9. The van der Waals surface area contributed by atoms with Crippen molar-refractivity contribution in [2.75, 3.05) is 12.9 Å². The Labute approximate surface area is 137 Å².